The van der Waals surface area contributed by atoms with Crippen LogP contribution in [0.4, 0.5) is 0 Å². The molecule has 1 rings (SSSR count). The van der Waals surface area contributed by atoms with Gasteiger partial charge in [0.05, 0.1) is 0 Å². The van der Waals surface area contributed by atoms with Crippen molar-refractivity contribution in [2.24, 2.45) is 0 Å². The van der Waals surface area contributed by atoms with E-state index in [0.717, 1.165) is 0 Å². The van der Waals surface area contributed by atoms with Crippen LogP contribution in [0.1, 0.15) is 13.8 Å². The molecule has 0 bridgehead atoms. The quantitative estimate of drug-likeness (QED) is 0.439. The first kappa shape index (κ1) is 9.12. The van der Waals surface area contributed by atoms with Gasteiger partial charge >= 0.3 is 51.4 Å². The van der Waals surface area contributed by atoms with Gasteiger partial charge in [0.25, 0.3) is 0 Å². The van der Waals surface area contributed by atoms with Gasteiger partial charge in [-0.1, -0.05) is 30.7 Å². The Morgan fingerprint density at radius 2 is 1.75 bits per heavy atom. The molecule has 0 saturated heterocycles. The summed E-state index contributed by atoms with van der Waals surface area (Å²) in [6.07, 6.45) is 6.41. The molecule has 1 aliphatic carbocycles. The summed E-state index contributed by atoms with van der Waals surface area (Å²) in [5.41, 5.74) is 1.36. The predicted octanol–water partition coefficient (Wildman–Crippen LogP) is 1.45. The third-order valence-electron chi connectivity index (χ3n) is 1.06. The minimum atomic E-state index is 0. The van der Waals surface area contributed by atoms with Crippen molar-refractivity contribution < 1.29 is 0 Å². The summed E-state index contributed by atoms with van der Waals surface area (Å²) in [6, 6.07) is 0. The summed E-state index contributed by atoms with van der Waals surface area (Å²) in [7, 11) is 0. The van der Waals surface area contributed by atoms with Crippen LogP contribution in [-0.2, 0) is 0 Å². The normalized spacial score (nSPS) is 18.0. The van der Waals surface area contributed by atoms with Crippen LogP contribution in [-0.4, -0.2) is 51.4 Å². The molecule has 0 saturated carbocycles. The van der Waals surface area contributed by atoms with Gasteiger partial charge in [-0.25, -0.2) is 0 Å². The number of allylic oxidation sites excluding steroid dienone is 4. The van der Waals surface area contributed by atoms with E-state index in [1.54, 1.807) is 0 Å². The maximum absolute atomic E-state index is 2.17. The topological polar surface area (TPSA) is 0 Å². The van der Waals surface area contributed by atoms with E-state index in [2.05, 4.69) is 32.1 Å². The second-order valence-electron chi connectivity index (χ2n) is 1.97. The first-order chi connectivity index (χ1) is 3.29. The molecule has 0 N–H and O–H groups in total. The zero-order chi connectivity index (χ0) is 5.28. The van der Waals surface area contributed by atoms with E-state index in [0.29, 0.717) is 0 Å². The summed E-state index contributed by atoms with van der Waals surface area (Å²) >= 11 is 0. The van der Waals surface area contributed by atoms with Crippen LogP contribution in [0.5, 0.6) is 0 Å². The fourth-order valence-corrected chi connectivity index (χ4v) is 0.718. The van der Waals surface area contributed by atoms with Gasteiger partial charge in [0.2, 0.25) is 0 Å². The van der Waals surface area contributed by atoms with Crippen LogP contribution in [0.25, 0.3) is 0 Å². The maximum atomic E-state index is 2.17. The zero-order valence-electron chi connectivity index (χ0n) is 4.73. The molecule has 0 aromatic heterocycles. The molecule has 0 heterocycles. The van der Waals surface area contributed by atoms with E-state index in [-0.39, 0.29) is 51.4 Å². The second-order valence-corrected chi connectivity index (χ2v) is 1.97. The van der Waals surface area contributed by atoms with Crippen molar-refractivity contribution in [2.45, 2.75) is 13.8 Å². The van der Waals surface area contributed by atoms with Gasteiger partial charge in [-0.2, -0.15) is 0 Å². The van der Waals surface area contributed by atoms with Crippen LogP contribution >= 0.6 is 0 Å². The van der Waals surface area contributed by atoms with Gasteiger partial charge in [0.1, 0.15) is 0 Å². The Labute approximate surface area is 93.5 Å². The number of rotatable bonds is 0. The molecule has 0 amide bonds. The Bertz CT molecular complexity index is 122. The first-order valence-electron chi connectivity index (χ1n) is 2.49. The van der Waals surface area contributed by atoms with Crippen molar-refractivity contribution in [1.29, 1.82) is 0 Å². The van der Waals surface area contributed by atoms with Gasteiger partial charge < -0.3 is 0 Å². The number of hydrogen-bond acceptors (Lipinski definition) is 0. The fraction of sp³-hybridized carbons (Fsp3) is 0.286. The van der Waals surface area contributed by atoms with Crippen molar-refractivity contribution in [3.8, 4) is 0 Å². The Hall–Kier alpha value is 1.12. The molecule has 0 atom stereocenters. The van der Waals surface area contributed by atoms with Gasteiger partial charge in [-0.15, -0.1) is 0 Å². The molecule has 0 nitrogen and oxygen atoms in total. The van der Waals surface area contributed by atoms with E-state index in [1.807, 2.05) is 0 Å². The second kappa shape index (κ2) is 4.02. The van der Waals surface area contributed by atoms with Crippen LogP contribution < -0.4 is 0 Å². The Balaban J connectivity index is 0.000000490. The van der Waals surface area contributed by atoms with Crippen molar-refractivity contribution in [3.05, 3.63) is 29.7 Å². The average Bonchev–Trinajstić information content (AvgIpc) is 1.87. The van der Waals surface area contributed by atoms with E-state index in [9.17, 15) is 0 Å². The monoisotopic (exact) mass is 133 g/mol. The van der Waals surface area contributed by atoms with E-state index in [4.69, 9.17) is 0 Å². The van der Waals surface area contributed by atoms with Gasteiger partial charge in [0.15, 0.2) is 0 Å². The van der Waals surface area contributed by atoms with Crippen molar-refractivity contribution in [3.63, 3.8) is 0 Å². The summed E-state index contributed by atoms with van der Waals surface area (Å²) in [5, 5.41) is 0. The molecular weight excluding hydrogens is 123 g/mol. The van der Waals surface area contributed by atoms with Crippen LogP contribution in [0.15, 0.2) is 23.8 Å². The molecule has 0 aromatic rings. The molecule has 0 spiro atoms. The molecule has 1 heteroatoms. The molecule has 8 heavy (non-hydrogen) atoms. The molecule has 1 aliphatic rings. The fourth-order valence-electron chi connectivity index (χ4n) is 0.718. The van der Waals surface area contributed by atoms with E-state index in [1.165, 1.54) is 11.5 Å². The Morgan fingerprint density at radius 3 is 1.88 bits per heavy atom. The van der Waals surface area contributed by atoms with Crippen molar-refractivity contribution in [2.75, 3.05) is 0 Å². The molecular formula is C7H10K. The third kappa shape index (κ3) is 2.60. The van der Waals surface area contributed by atoms with Crippen molar-refractivity contribution in [1.82, 2.24) is 0 Å². The van der Waals surface area contributed by atoms with Crippen molar-refractivity contribution >= 4 is 51.4 Å². The number of hydrogen-bond donors (Lipinski definition) is 0. The average molecular weight is 133 g/mol. The van der Waals surface area contributed by atoms with Gasteiger partial charge in [-0.05, 0) is 6.92 Å². The molecule has 0 aromatic carbocycles. The van der Waals surface area contributed by atoms with E-state index >= 15 is 0 Å². The first-order valence-corrected chi connectivity index (χ1v) is 2.49. The minimum absolute atomic E-state index is 0. The van der Waals surface area contributed by atoms with E-state index < -0.39 is 0 Å². The molecule has 0 aliphatic heterocycles. The Kier molecular flexibility index (Phi) is 4.58. The predicted molar refractivity (Wildman–Crippen MR) is 39.0 cm³/mol. The Morgan fingerprint density at radius 1 is 1.12 bits per heavy atom. The summed E-state index contributed by atoms with van der Waals surface area (Å²) in [5.74, 6) is 1.36. The van der Waals surface area contributed by atoms with Gasteiger partial charge in [0, 0.05) is 5.92 Å². The summed E-state index contributed by atoms with van der Waals surface area (Å²) in [4.78, 5) is 0. The van der Waals surface area contributed by atoms with Crippen LogP contribution in [0, 0.1) is 5.92 Å². The van der Waals surface area contributed by atoms with Crippen LogP contribution in [0.2, 0.25) is 0 Å². The standard InChI is InChI=1S/C7H9.K.H/c1-6-3-4-7(2)5-6;;/h3-5H,1-2H3;;. The third-order valence-corrected chi connectivity index (χ3v) is 1.06. The molecule has 0 unspecified atom stereocenters. The summed E-state index contributed by atoms with van der Waals surface area (Å²) < 4.78 is 0. The molecule has 1 radical (unpaired) electrons. The van der Waals surface area contributed by atoms with Crippen LogP contribution in [0.3, 0.4) is 0 Å². The molecule has 0 fully saturated rings. The zero-order valence-corrected chi connectivity index (χ0v) is 4.73. The summed E-state index contributed by atoms with van der Waals surface area (Å²) in [6.45, 7) is 4.21. The van der Waals surface area contributed by atoms with Gasteiger partial charge in [-0.3, -0.25) is 0 Å². The molecule has 39 valence electrons. The SMILES string of the molecule is C[C]1C=CC(C)=C1.[KH].